The molecule has 1 saturated heterocycles. The lowest BCUT2D eigenvalue weighted by molar-refractivity contribution is -0.287. The molecule has 0 unspecified atom stereocenters. The Hall–Kier alpha value is -1.48. The first-order valence-electron chi connectivity index (χ1n) is 14.9. The van der Waals surface area contributed by atoms with E-state index in [-0.39, 0.29) is 30.1 Å². The van der Waals surface area contributed by atoms with Crippen LogP contribution >= 0.6 is 0 Å². The highest BCUT2D eigenvalue weighted by atomic mass is 19.1. The summed E-state index contributed by atoms with van der Waals surface area (Å²) in [7, 11) is 0. The van der Waals surface area contributed by atoms with Crippen molar-refractivity contribution in [3.8, 4) is 0 Å². The molecule has 0 aromatic heterocycles. The molecule has 0 amide bonds. The Morgan fingerprint density at radius 2 is 1.90 bits per heavy atom. The van der Waals surface area contributed by atoms with Crippen LogP contribution in [0.1, 0.15) is 78.6 Å². The van der Waals surface area contributed by atoms with Gasteiger partial charge in [-0.05, 0) is 61.7 Å². The highest BCUT2D eigenvalue weighted by Crippen LogP contribution is 2.77. The number of carbonyl (C=O) groups excluding carboxylic acids is 2. The van der Waals surface area contributed by atoms with E-state index in [0.29, 0.717) is 25.4 Å². The quantitative estimate of drug-likeness (QED) is 0.529. The lowest BCUT2D eigenvalue weighted by atomic mass is 9.39. The molecular weight excluding hydrogens is 504 g/mol. The fraction of sp³-hybridized carbons (Fsp3) is 0.806. The van der Waals surface area contributed by atoms with Crippen LogP contribution in [0.3, 0.4) is 0 Å². The highest BCUT2D eigenvalue weighted by Gasteiger charge is 2.83. The van der Waals surface area contributed by atoms with Gasteiger partial charge in [0, 0.05) is 35.8 Å². The van der Waals surface area contributed by atoms with E-state index in [1.54, 1.807) is 6.92 Å². The van der Waals surface area contributed by atoms with Crippen LogP contribution in [-0.2, 0) is 14.4 Å². The molecule has 1 aliphatic heterocycles. The van der Waals surface area contributed by atoms with Crippen LogP contribution < -0.4 is 0 Å². The number of nitrogens with zero attached hydrogens (tertiary/aromatic N) is 1. The zero-order valence-electron chi connectivity index (χ0n) is 23.4. The van der Waals surface area contributed by atoms with Gasteiger partial charge in [0.1, 0.15) is 12.8 Å². The zero-order chi connectivity index (χ0) is 28.0. The summed E-state index contributed by atoms with van der Waals surface area (Å²) in [4.78, 5) is 32.4. The van der Waals surface area contributed by atoms with Crippen LogP contribution in [-0.4, -0.2) is 70.1 Å². The number of Topliss-reactive ketones (excluding diaryl/α,β-unsaturated/α-hetero) is 1. The SMILES string of the molecule is C[C@]12C[C@H](O)[C@@]3(F)[C@@H](C[C@H](F)C4=CC(=O)C=C[C@@]43C)[C@]1(C)C[C@H]1CN(CCC3CCCCC3)O[C@]12C(=O)CO. The lowest BCUT2D eigenvalue weighted by Gasteiger charge is -2.67. The molecule has 0 aromatic rings. The molecule has 2 N–H and O–H groups in total. The van der Waals surface area contributed by atoms with Crippen molar-refractivity contribution in [3.05, 3.63) is 23.8 Å². The van der Waals surface area contributed by atoms with E-state index >= 15 is 8.78 Å². The molecule has 5 fully saturated rings. The number of rotatable bonds is 5. The lowest BCUT2D eigenvalue weighted by Crippen LogP contribution is -2.73. The van der Waals surface area contributed by atoms with Gasteiger partial charge in [-0.3, -0.25) is 14.4 Å². The van der Waals surface area contributed by atoms with Crippen molar-refractivity contribution >= 4 is 11.6 Å². The van der Waals surface area contributed by atoms with Crippen LogP contribution in [0.25, 0.3) is 0 Å². The maximum Gasteiger partial charge on any atom is 0.192 e. The first-order chi connectivity index (χ1) is 18.4. The third-order valence-electron chi connectivity index (χ3n) is 12.5. The largest absolute Gasteiger partial charge is 0.390 e. The number of hydroxylamine groups is 2. The second-order valence-electron chi connectivity index (χ2n) is 14.0. The van der Waals surface area contributed by atoms with Gasteiger partial charge in [0.05, 0.1) is 6.10 Å². The summed E-state index contributed by atoms with van der Waals surface area (Å²) in [6.07, 6.45) is 8.22. The Balaban J connectivity index is 1.37. The molecule has 9 atom stereocenters. The molecule has 0 aromatic carbocycles. The molecule has 0 radical (unpaired) electrons. The fourth-order valence-corrected chi connectivity index (χ4v) is 10.3. The Morgan fingerprint density at radius 3 is 2.59 bits per heavy atom. The van der Waals surface area contributed by atoms with E-state index in [9.17, 15) is 19.8 Å². The molecule has 4 saturated carbocycles. The molecule has 5 aliphatic carbocycles. The van der Waals surface area contributed by atoms with E-state index in [0.717, 1.165) is 6.42 Å². The third-order valence-corrected chi connectivity index (χ3v) is 12.5. The van der Waals surface area contributed by atoms with Crippen LogP contribution in [0.2, 0.25) is 0 Å². The zero-order valence-corrected chi connectivity index (χ0v) is 23.4. The smallest absolute Gasteiger partial charge is 0.192 e. The minimum Gasteiger partial charge on any atom is -0.390 e. The molecule has 6 nitrogen and oxygen atoms in total. The minimum absolute atomic E-state index is 0.0587. The number of aliphatic hydroxyl groups excluding tert-OH is 2. The van der Waals surface area contributed by atoms with Crippen molar-refractivity contribution in [1.29, 1.82) is 0 Å². The number of carbonyl (C=O) groups is 2. The number of ketones is 2. The normalized spacial score (nSPS) is 49.7. The van der Waals surface area contributed by atoms with Gasteiger partial charge in [-0.2, -0.15) is 5.06 Å². The molecule has 1 heterocycles. The van der Waals surface area contributed by atoms with E-state index in [2.05, 4.69) is 0 Å². The number of aliphatic hydroxyl groups is 2. The molecule has 0 bridgehead atoms. The summed E-state index contributed by atoms with van der Waals surface area (Å²) < 4.78 is 33.5. The topological polar surface area (TPSA) is 87.1 Å². The Morgan fingerprint density at radius 1 is 1.18 bits per heavy atom. The highest BCUT2D eigenvalue weighted by molar-refractivity contribution is 6.01. The summed E-state index contributed by atoms with van der Waals surface area (Å²) in [5.74, 6) is -1.40. The van der Waals surface area contributed by atoms with E-state index in [1.165, 1.54) is 50.3 Å². The number of halogens is 2. The van der Waals surface area contributed by atoms with Crippen LogP contribution in [0, 0.1) is 34.0 Å². The van der Waals surface area contributed by atoms with E-state index in [4.69, 9.17) is 4.84 Å². The second kappa shape index (κ2) is 9.01. The van der Waals surface area contributed by atoms with Crippen molar-refractivity contribution in [1.82, 2.24) is 5.06 Å². The van der Waals surface area contributed by atoms with Gasteiger partial charge in [-0.25, -0.2) is 8.78 Å². The van der Waals surface area contributed by atoms with Crippen LogP contribution in [0.5, 0.6) is 0 Å². The summed E-state index contributed by atoms with van der Waals surface area (Å²) in [6.45, 7) is 5.87. The number of fused-ring (bicyclic) bond motifs is 7. The summed E-state index contributed by atoms with van der Waals surface area (Å²) >= 11 is 0. The van der Waals surface area contributed by atoms with Crippen molar-refractivity contribution in [2.75, 3.05) is 19.7 Å². The standard InChI is InChI=1S/C31H43F2NO5/c1-27-11-9-21(36)13-22(27)23(32)14-24-28(2)15-20-17-34(12-10-19-7-5-4-6-8-19)39-31(20,26(38)18-35)29(28,3)16-25(37)30(24,27)33/h9,11,13,19-20,23-25,35,37H,4-8,10,12,14-18H2,1-3H3/t20-,23-,24-,25-,27-,28-,29-,30-,31-/m0/s1. The van der Waals surface area contributed by atoms with Crippen molar-refractivity contribution in [2.24, 2.45) is 34.0 Å². The number of hydrogen-bond acceptors (Lipinski definition) is 6. The molecule has 0 spiro atoms. The van der Waals surface area contributed by atoms with Gasteiger partial charge in [-0.15, -0.1) is 0 Å². The van der Waals surface area contributed by atoms with Gasteiger partial charge in [-0.1, -0.05) is 52.0 Å². The van der Waals surface area contributed by atoms with Gasteiger partial charge >= 0.3 is 0 Å². The van der Waals surface area contributed by atoms with Gasteiger partial charge in [0.15, 0.2) is 22.8 Å². The maximum atomic E-state index is 17.7. The first-order valence-corrected chi connectivity index (χ1v) is 14.9. The van der Waals surface area contributed by atoms with E-state index < -0.39 is 58.1 Å². The van der Waals surface area contributed by atoms with Crippen LogP contribution in [0.15, 0.2) is 23.8 Å². The summed E-state index contributed by atoms with van der Waals surface area (Å²) in [5.41, 5.74) is -6.95. The molecule has 6 aliphatic rings. The van der Waals surface area contributed by atoms with Gasteiger partial charge < -0.3 is 10.2 Å². The van der Waals surface area contributed by atoms with Crippen molar-refractivity contribution in [2.45, 2.75) is 102 Å². The summed E-state index contributed by atoms with van der Waals surface area (Å²) in [6, 6.07) is 0. The first kappa shape index (κ1) is 27.7. The Labute approximate surface area is 229 Å². The molecule has 8 heteroatoms. The molecule has 6 rings (SSSR count). The summed E-state index contributed by atoms with van der Waals surface area (Å²) in [5, 5.41) is 23.7. The number of allylic oxidation sites excluding steroid dienone is 4. The fourth-order valence-electron chi connectivity index (χ4n) is 10.3. The van der Waals surface area contributed by atoms with Gasteiger partial charge in [0.25, 0.3) is 0 Å². The Kier molecular flexibility index (Phi) is 6.39. The molecule has 216 valence electrons. The minimum atomic E-state index is -2.23. The number of hydrogen-bond donors (Lipinski definition) is 2. The monoisotopic (exact) mass is 547 g/mol. The average molecular weight is 548 g/mol. The molecule has 39 heavy (non-hydrogen) atoms. The average Bonchev–Trinajstić information content (AvgIpc) is 3.36. The van der Waals surface area contributed by atoms with Crippen molar-refractivity contribution < 1.29 is 33.4 Å². The maximum absolute atomic E-state index is 17.7. The third kappa shape index (κ3) is 3.38. The van der Waals surface area contributed by atoms with Crippen LogP contribution in [0.4, 0.5) is 8.78 Å². The van der Waals surface area contributed by atoms with Crippen molar-refractivity contribution in [3.63, 3.8) is 0 Å². The number of alkyl halides is 2. The second-order valence-corrected chi connectivity index (χ2v) is 14.0. The molecular formula is C31H43F2NO5. The Bertz CT molecular complexity index is 1120. The van der Waals surface area contributed by atoms with Gasteiger partial charge in [0.2, 0.25) is 0 Å². The predicted octanol–water partition coefficient (Wildman–Crippen LogP) is 4.44. The predicted molar refractivity (Wildman–Crippen MR) is 141 cm³/mol. The van der Waals surface area contributed by atoms with E-state index in [1.807, 2.05) is 18.9 Å².